The van der Waals surface area contributed by atoms with Gasteiger partial charge in [0.1, 0.15) is 5.82 Å². The van der Waals surface area contributed by atoms with Crippen molar-refractivity contribution < 1.29 is 9.18 Å². The van der Waals surface area contributed by atoms with Crippen LogP contribution in [0.1, 0.15) is 50.5 Å². The van der Waals surface area contributed by atoms with Gasteiger partial charge < -0.3 is 0 Å². The van der Waals surface area contributed by atoms with Gasteiger partial charge in [0.25, 0.3) is 0 Å². The third-order valence-electron chi connectivity index (χ3n) is 2.95. The van der Waals surface area contributed by atoms with Crippen molar-refractivity contribution in [1.29, 1.82) is 0 Å². The molecule has 0 unspecified atom stereocenters. The molecule has 0 fully saturated rings. The summed E-state index contributed by atoms with van der Waals surface area (Å²) >= 11 is 5.25. The molecule has 0 spiro atoms. The summed E-state index contributed by atoms with van der Waals surface area (Å²) in [6.07, 6.45) is 10.6. The van der Waals surface area contributed by atoms with Crippen LogP contribution in [0.2, 0.25) is 0 Å². The Bertz CT molecular complexity index is 415. The lowest BCUT2D eigenvalue weighted by Gasteiger charge is -1.98. The Morgan fingerprint density at radius 2 is 1.79 bits per heavy atom. The van der Waals surface area contributed by atoms with E-state index in [0.29, 0.717) is 12.0 Å². The van der Waals surface area contributed by atoms with Crippen molar-refractivity contribution in [2.75, 3.05) is 0 Å². The van der Waals surface area contributed by atoms with Gasteiger partial charge in [-0.15, -0.1) is 0 Å². The minimum absolute atomic E-state index is 0.176. The molecular weight excluding hydrogens is 263 g/mol. The minimum Gasteiger partial charge on any atom is -0.281 e. The van der Waals surface area contributed by atoms with Crippen molar-refractivity contribution in [2.45, 2.75) is 44.9 Å². The molecule has 0 radical (unpaired) electrons. The van der Waals surface area contributed by atoms with E-state index in [9.17, 15) is 9.18 Å². The summed E-state index contributed by atoms with van der Waals surface area (Å²) in [5.74, 6) is -0.176. The van der Waals surface area contributed by atoms with Crippen LogP contribution in [0.15, 0.2) is 30.3 Å². The molecule has 0 saturated carbocycles. The van der Waals surface area contributed by atoms with Gasteiger partial charge in [-0.25, -0.2) is 4.39 Å². The van der Waals surface area contributed by atoms with Gasteiger partial charge in [0.05, 0.1) is 0 Å². The maximum absolute atomic E-state index is 13.3. The fourth-order valence-electron chi connectivity index (χ4n) is 1.88. The maximum atomic E-state index is 13.3. The van der Waals surface area contributed by atoms with Gasteiger partial charge in [-0.2, -0.15) is 0 Å². The third-order valence-corrected chi connectivity index (χ3v) is 3.14. The summed E-state index contributed by atoms with van der Waals surface area (Å²) in [5.41, 5.74) is 0.642. The highest BCUT2D eigenvalue weighted by atomic mass is 35.5. The zero-order valence-corrected chi connectivity index (χ0v) is 11.8. The zero-order valence-electron chi connectivity index (χ0n) is 11.1. The first-order valence-corrected chi connectivity index (χ1v) is 7.17. The van der Waals surface area contributed by atoms with E-state index in [1.54, 1.807) is 12.1 Å². The van der Waals surface area contributed by atoms with Gasteiger partial charge >= 0.3 is 0 Å². The topological polar surface area (TPSA) is 17.1 Å². The molecule has 1 nitrogen and oxygen atoms in total. The molecular formula is C16H20ClFO. The largest absolute Gasteiger partial charge is 0.281 e. The summed E-state index contributed by atoms with van der Waals surface area (Å²) in [7, 11) is 0. The van der Waals surface area contributed by atoms with E-state index in [1.165, 1.54) is 6.07 Å². The van der Waals surface area contributed by atoms with Crippen LogP contribution in [0.3, 0.4) is 0 Å². The highest BCUT2D eigenvalue weighted by molar-refractivity contribution is 6.63. The summed E-state index contributed by atoms with van der Waals surface area (Å²) in [5, 5.41) is -0.243. The van der Waals surface area contributed by atoms with Crippen molar-refractivity contribution in [2.24, 2.45) is 0 Å². The number of halogens is 2. The molecule has 1 rings (SSSR count). The molecule has 0 bridgehead atoms. The first-order valence-electron chi connectivity index (χ1n) is 6.79. The van der Waals surface area contributed by atoms with Crippen molar-refractivity contribution in [3.63, 3.8) is 0 Å². The van der Waals surface area contributed by atoms with Gasteiger partial charge in [-0.05, 0) is 36.9 Å². The highest BCUT2D eigenvalue weighted by Crippen LogP contribution is 2.11. The van der Waals surface area contributed by atoms with Crippen molar-refractivity contribution >= 4 is 22.9 Å². The Labute approximate surface area is 119 Å². The fraction of sp³-hybridized carbons (Fsp3) is 0.438. The molecule has 104 valence electrons. The molecule has 0 N–H and O–H groups in total. The van der Waals surface area contributed by atoms with Gasteiger partial charge in [0.15, 0.2) is 0 Å². The lowest BCUT2D eigenvalue weighted by molar-refractivity contribution is -0.111. The van der Waals surface area contributed by atoms with Crippen LogP contribution in [-0.4, -0.2) is 5.24 Å². The van der Waals surface area contributed by atoms with Crippen LogP contribution < -0.4 is 0 Å². The number of unbranched alkanes of at least 4 members (excludes halogenated alkanes) is 5. The van der Waals surface area contributed by atoms with E-state index in [1.807, 2.05) is 18.2 Å². The first kappa shape index (κ1) is 15.9. The molecule has 0 aromatic heterocycles. The van der Waals surface area contributed by atoms with Crippen LogP contribution in [-0.2, 0) is 4.79 Å². The van der Waals surface area contributed by atoms with Crippen LogP contribution in [0.25, 0.3) is 6.08 Å². The van der Waals surface area contributed by atoms with E-state index < -0.39 is 0 Å². The molecule has 1 aromatic carbocycles. The summed E-state index contributed by atoms with van der Waals surface area (Å²) in [4.78, 5) is 10.5. The third kappa shape index (κ3) is 7.78. The molecule has 0 saturated heterocycles. The van der Waals surface area contributed by atoms with Crippen LogP contribution >= 0.6 is 11.6 Å². The molecule has 3 heteroatoms. The van der Waals surface area contributed by atoms with E-state index >= 15 is 0 Å². The summed E-state index contributed by atoms with van der Waals surface area (Å²) < 4.78 is 13.3. The van der Waals surface area contributed by atoms with E-state index in [0.717, 1.165) is 38.5 Å². The SMILES string of the molecule is O=C(Cl)CCCCCCC/C=C/c1ccccc1F. The Balaban J connectivity index is 2.05. The van der Waals surface area contributed by atoms with Crippen LogP contribution in [0.4, 0.5) is 4.39 Å². The fourth-order valence-corrected chi connectivity index (χ4v) is 2.01. The zero-order chi connectivity index (χ0) is 13.9. The van der Waals surface area contributed by atoms with Gasteiger partial charge in [0.2, 0.25) is 5.24 Å². The Hall–Kier alpha value is -1.15. The summed E-state index contributed by atoms with van der Waals surface area (Å²) in [6.45, 7) is 0. The molecule has 19 heavy (non-hydrogen) atoms. The quantitative estimate of drug-likeness (QED) is 0.442. The van der Waals surface area contributed by atoms with E-state index in [-0.39, 0.29) is 11.1 Å². The monoisotopic (exact) mass is 282 g/mol. The van der Waals surface area contributed by atoms with Gasteiger partial charge in [-0.3, -0.25) is 4.79 Å². The summed E-state index contributed by atoms with van der Waals surface area (Å²) in [6, 6.07) is 6.77. The second kappa shape index (κ2) is 9.74. The standard InChI is InChI=1S/C16H20ClFO/c17-16(19)13-7-5-3-1-2-4-6-10-14-11-8-9-12-15(14)18/h6,8-12H,1-5,7,13H2/b10-6+. The van der Waals surface area contributed by atoms with Crippen molar-refractivity contribution in [3.05, 3.63) is 41.7 Å². The number of allylic oxidation sites excluding steroid dienone is 1. The number of rotatable bonds is 9. The second-order valence-corrected chi connectivity index (χ2v) is 5.01. The Kier molecular flexibility index (Phi) is 8.15. The number of benzene rings is 1. The van der Waals surface area contributed by atoms with Crippen LogP contribution in [0, 0.1) is 5.82 Å². The minimum atomic E-state index is -0.243. The van der Waals surface area contributed by atoms with Gasteiger partial charge in [0, 0.05) is 12.0 Å². The van der Waals surface area contributed by atoms with Crippen molar-refractivity contribution in [3.8, 4) is 0 Å². The number of hydrogen-bond acceptors (Lipinski definition) is 1. The normalized spacial score (nSPS) is 11.1. The Morgan fingerprint density at radius 3 is 2.53 bits per heavy atom. The molecule has 0 aliphatic heterocycles. The number of hydrogen-bond donors (Lipinski definition) is 0. The number of carbonyl (C=O) groups is 1. The van der Waals surface area contributed by atoms with Gasteiger partial charge in [-0.1, -0.05) is 49.6 Å². The predicted molar refractivity (Wildman–Crippen MR) is 78.6 cm³/mol. The Morgan fingerprint density at radius 1 is 1.11 bits per heavy atom. The second-order valence-electron chi connectivity index (χ2n) is 4.59. The smallest absolute Gasteiger partial charge is 0.221 e. The molecule has 0 aliphatic carbocycles. The van der Waals surface area contributed by atoms with E-state index in [4.69, 9.17) is 11.6 Å². The molecule has 0 amide bonds. The first-order chi connectivity index (χ1) is 9.20. The molecule has 0 atom stereocenters. The highest BCUT2D eigenvalue weighted by Gasteiger charge is 1.96. The predicted octanol–water partition coefficient (Wildman–Crippen LogP) is 5.34. The maximum Gasteiger partial charge on any atom is 0.221 e. The van der Waals surface area contributed by atoms with E-state index in [2.05, 4.69) is 0 Å². The van der Waals surface area contributed by atoms with Crippen molar-refractivity contribution in [1.82, 2.24) is 0 Å². The average Bonchev–Trinajstić information content (AvgIpc) is 2.38. The van der Waals surface area contributed by atoms with Crippen LogP contribution in [0.5, 0.6) is 0 Å². The molecule has 0 aliphatic rings. The average molecular weight is 283 g/mol. The lowest BCUT2D eigenvalue weighted by Crippen LogP contribution is -1.86. The lowest BCUT2D eigenvalue weighted by atomic mass is 10.1. The molecule has 1 aromatic rings. The number of carbonyl (C=O) groups excluding carboxylic acids is 1. The molecule has 0 heterocycles.